The number of likely N-dealkylation sites (tertiary alicyclic amines) is 1. The van der Waals surface area contributed by atoms with Crippen molar-refractivity contribution in [3.8, 4) is 0 Å². The summed E-state index contributed by atoms with van der Waals surface area (Å²) >= 11 is 0. The molecule has 0 radical (unpaired) electrons. The molecule has 1 saturated heterocycles. The smallest absolute Gasteiger partial charge is 0.241 e. The number of rotatable bonds is 8. The third kappa shape index (κ3) is 6.57. The molecule has 3 aromatic carbocycles. The van der Waals surface area contributed by atoms with Crippen molar-refractivity contribution in [3.63, 3.8) is 0 Å². The monoisotopic (exact) mass is 567 g/mol. The first-order valence-electron chi connectivity index (χ1n) is 14.4. The van der Waals surface area contributed by atoms with Crippen molar-refractivity contribution in [2.24, 2.45) is 5.73 Å². The second-order valence-corrected chi connectivity index (χ2v) is 11.0. The van der Waals surface area contributed by atoms with Crippen molar-refractivity contribution < 1.29 is 9.59 Å². The predicted molar refractivity (Wildman–Crippen MR) is 164 cm³/mol. The molecular formula is C33H41N7O2. The summed E-state index contributed by atoms with van der Waals surface area (Å²) in [5.41, 5.74) is 7.55. The van der Waals surface area contributed by atoms with Crippen molar-refractivity contribution in [3.05, 3.63) is 114 Å². The Kier molecular flexibility index (Phi) is 9.85. The molecule has 1 aromatic heterocycles. The van der Waals surface area contributed by atoms with Gasteiger partial charge in [0.2, 0.25) is 11.8 Å². The van der Waals surface area contributed by atoms with Gasteiger partial charge in [0, 0.05) is 14.1 Å². The van der Waals surface area contributed by atoms with Crippen LogP contribution in [-0.4, -0.2) is 75.6 Å². The van der Waals surface area contributed by atoms with E-state index in [1.54, 1.807) is 19.0 Å². The Morgan fingerprint density at radius 3 is 1.83 bits per heavy atom. The van der Waals surface area contributed by atoms with Crippen LogP contribution in [0.15, 0.2) is 91.0 Å². The molecule has 2 amide bonds. The van der Waals surface area contributed by atoms with Gasteiger partial charge < -0.3 is 15.5 Å². The highest BCUT2D eigenvalue weighted by Gasteiger charge is 2.41. The normalized spacial score (nSPS) is 14.9. The summed E-state index contributed by atoms with van der Waals surface area (Å²) in [6.07, 6.45) is 1.88. The minimum atomic E-state index is -0.647. The number of aromatic nitrogens is 4. The number of likely N-dealkylation sites (N-methyl/N-ethyl adjacent to an activating group) is 1. The second kappa shape index (κ2) is 13.5. The number of hydrogen-bond donors (Lipinski definition) is 1. The molecule has 0 saturated carbocycles. The van der Waals surface area contributed by atoms with Gasteiger partial charge in [0.05, 0.1) is 10.8 Å². The van der Waals surface area contributed by atoms with E-state index in [1.165, 1.54) is 10.4 Å². The van der Waals surface area contributed by atoms with Crippen LogP contribution in [0.5, 0.6) is 0 Å². The molecule has 1 aliphatic rings. The molecule has 1 aliphatic heterocycles. The molecule has 42 heavy (non-hydrogen) atoms. The average Bonchev–Trinajstić information content (AvgIpc) is 3.50. The summed E-state index contributed by atoms with van der Waals surface area (Å²) in [6.45, 7) is 7.16. The van der Waals surface area contributed by atoms with Crippen LogP contribution in [0.3, 0.4) is 0 Å². The van der Waals surface area contributed by atoms with E-state index in [-0.39, 0.29) is 17.9 Å². The lowest BCUT2D eigenvalue weighted by Gasteiger charge is -2.39. The Balaban J connectivity index is 0.000000197. The van der Waals surface area contributed by atoms with E-state index < -0.39 is 11.3 Å². The van der Waals surface area contributed by atoms with Crippen LogP contribution in [0.2, 0.25) is 0 Å². The molecule has 4 aromatic rings. The van der Waals surface area contributed by atoms with Crippen LogP contribution in [0.1, 0.15) is 49.2 Å². The highest BCUT2D eigenvalue weighted by molar-refractivity contribution is 5.91. The Labute approximate surface area is 248 Å². The van der Waals surface area contributed by atoms with Gasteiger partial charge in [-0.05, 0) is 61.3 Å². The Morgan fingerprint density at radius 1 is 0.881 bits per heavy atom. The van der Waals surface area contributed by atoms with Gasteiger partial charge in [-0.1, -0.05) is 97.9 Å². The van der Waals surface area contributed by atoms with Gasteiger partial charge in [-0.15, -0.1) is 10.2 Å². The van der Waals surface area contributed by atoms with E-state index >= 15 is 0 Å². The summed E-state index contributed by atoms with van der Waals surface area (Å²) in [7, 11) is 3.60. The molecule has 0 atom stereocenters. The molecule has 0 bridgehead atoms. The minimum Gasteiger partial charge on any atom is -0.368 e. The lowest BCUT2D eigenvalue weighted by molar-refractivity contribution is -0.132. The van der Waals surface area contributed by atoms with Crippen LogP contribution < -0.4 is 5.73 Å². The number of nitrogens with zero attached hydrogens (tertiary/aromatic N) is 6. The number of nitrogens with two attached hydrogens (primary N) is 1. The van der Waals surface area contributed by atoms with Crippen LogP contribution in [0.25, 0.3) is 0 Å². The number of benzene rings is 3. The Morgan fingerprint density at radius 2 is 1.38 bits per heavy atom. The summed E-state index contributed by atoms with van der Waals surface area (Å²) < 4.78 is 0. The number of amides is 2. The van der Waals surface area contributed by atoms with Crippen LogP contribution >= 0.6 is 0 Å². The molecule has 0 unspecified atom stereocenters. The van der Waals surface area contributed by atoms with E-state index in [4.69, 9.17) is 5.73 Å². The number of carbonyl (C=O) groups excluding carboxylic acids is 2. The van der Waals surface area contributed by atoms with Gasteiger partial charge in [-0.3, -0.25) is 9.59 Å². The Hall–Kier alpha value is -4.37. The number of piperidine rings is 1. The summed E-state index contributed by atoms with van der Waals surface area (Å²) in [6, 6.07) is 30.2. The maximum absolute atomic E-state index is 12.7. The fourth-order valence-electron chi connectivity index (χ4n) is 5.69. The maximum atomic E-state index is 12.7. The summed E-state index contributed by atoms with van der Waals surface area (Å²) in [5, 5.41) is 12.7. The number of hydrogen-bond acceptors (Lipinski definition) is 6. The second-order valence-electron chi connectivity index (χ2n) is 11.0. The van der Waals surface area contributed by atoms with Gasteiger partial charge >= 0.3 is 0 Å². The molecule has 0 spiro atoms. The molecule has 9 nitrogen and oxygen atoms in total. The van der Waals surface area contributed by atoms with Gasteiger partial charge in [-0.2, -0.15) is 4.80 Å². The molecule has 9 heteroatoms. The average molecular weight is 568 g/mol. The predicted octanol–water partition coefficient (Wildman–Crippen LogP) is 3.64. The van der Waals surface area contributed by atoms with E-state index in [0.717, 1.165) is 43.6 Å². The molecule has 2 N–H and O–H groups in total. The first-order valence-corrected chi connectivity index (χ1v) is 14.4. The summed E-state index contributed by atoms with van der Waals surface area (Å²) in [5.74, 6) is 0.300. The Bertz CT molecular complexity index is 1390. The molecule has 220 valence electrons. The number of tetrazole rings is 1. The van der Waals surface area contributed by atoms with Crippen molar-refractivity contribution in [1.29, 1.82) is 0 Å². The van der Waals surface area contributed by atoms with E-state index in [0.29, 0.717) is 5.82 Å². The van der Waals surface area contributed by atoms with Gasteiger partial charge in [0.25, 0.3) is 0 Å². The highest BCUT2D eigenvalue weighted by Crippen LogP contribution is 2.39. The molecule has 5 rings (SSSR count). The topological polar surface area (TPSA) is 110 Å². The molecule has 1 fully saturated rings. The van der Waals surface area contributed by atoms with Crippen LogP contribution in [0.4, 0.5) is 0 Å². The van der Waals surface area contributed by atoms with Crippen LogP contribution in [-0.2, 0) is 27.0 Å². The first kappa shape index (κ1) is 30.6. The van der Waals surface area contributed by atoms with Gasteiger partial charge in [0.15, 0.2) is 5.82 Å². The lowest BCUT2D eigenvalue weighted by atomic mass is 9.72. The standard InChI is InChI=1S/C17H19NO.C16H22N6O/c1-17(16(19)18(2)3,14-10-6-4-7-11-14)15-12-8-5-9-13-15;1-2-21-10-8-16(9-11-21,13-6-4-3-5-7-13)15-18-20-22(19-15)12-14(17)23/h4-13H,1-3H3;3-7H,2,8-12H2,1H3,(H2,17,23). The van der Waals surface area contributed by atoms with Crippen LogP contribution in [0, 0.1) is 0 Å². The lowest BCUT2D eigenvalue weighted by Crippen LogP contribution is -2.44. The van der Waals surface area contributed by atoms with E-state index in [1.807, 2.05) is 85.8 Å². The minimum absolute atomic E-state index is 0.0427. The fraction of sp³-hybridized carbons (Fsp3) is 0.364. The zero-order valence-corrected chi connectivity index (χ0v) is 25.0. The first-order chi connectivity index (χ1) is 20.2. The third-order valence-electron chi connectivity index (χ3n) is 8.20. The van der Waals surface area contributed by atoms with Crippen molar-refractivity contribution >= 4 is 11.8 Å². The number of carbonyl (C=O) groups is 2. The SMILES string of the molecule is CCN1CCC(c2ccccc2)(c2nnn(CC(N)=O)n2)CC1.CN(C)C(=O)C(C)(c1ccccc1)c1ccccc1. The van der Waals surface area contributed by atoms with E-state index in [2.05, 4.69) is 39.4 Å². The zero-order valence-electron chi connectivity index (χ0n) is 25.0. The molecule has 0 aliphatic carbocycles. The van der Waals surface area contributed by atoms with Crippen molar-refractivity contribution in [2.45, 2.75) is 44.1 Å². The summed E-state index contributed by atoms with van der Waals surface area (Å²) in [4.78, 5) is 29.1. The number of primary amides is 1. The maximum Gasteiger partial charge on any atom is 0.241 e. The highest BCUT2D eigenvalue weighted by atomic mass is 16.2. The zero-order chi connectivity index (χ0) is 30.2. The molecule has 2 heterocycles. The van der Waals surface area contributed by atoms with E-state index in [9.17, 15) is 9.59 Å². The van der Waals surface area contributed by atoms with Gasteiger partial charge in [-0.25, -0.2) is 0 Å². The van der Waals surface area contributed by atoms with Gasteiger partial charge in [0.1, 0.15) is 6.54 Å². The third-order valence-corrected chi connectivity index (χ3v) is 8.20. The molecular weight excluding hydrogens is 526 g/mol. The quantitative estimate of drug-likeness (QED) is 0.348. The fourth-order valence-corrected chi connectivity index (χ4v) is 5.69. The largest absolute Gasteiger partial charge is 0.368 e. The van der Waals surface area contributed by atoms with Crippen molar-refractivity contribution in [2.75, 3.05) is 33.7 Å². The van der Waals surface area contributed by atoms with Crippen molar-refractivity contribution in [1.82, 2.24) is 30.0 Å².